The highest BCUT2D eigenvalue weighted by atomic mass is 32.2. The quantitative estimate of drug-likeness (QED) is 0.697. The van der Waals surface area contributed by atoms with Crippen molar-refractivity contribution in [3.8, 4) is 0 Å². The van der Waals surface area contributed by atoms with Gasteiger partial charge in [-0.25, -0.2) is 8.42 Å². The van der Waals surface area contributed by atoms with Crippen LogP contribution in [0.25, 0.3) is 0 Å². The lowest BCUT2D eigenvalue weighted by atomic mass is 10.4. The van der Waals surface area contributed by atoms with E-state index in [0.717, 1.165) is 19.1 Å². The largest absolute Gasteiger partial charge is 0.338 e. The lowest BCUT2D eigenvalue weighted by Gasteiger charge is -2.19. The lowest BCUT2D eigenvalue weighted by molar-refractivity contribution is 0.220. The molecule has 5 heteroatoms. The van der Waals surface area contributed by atoms with Crippen LogP contribution in [0.4, 0.5) is 4.79 Å². The van der Waals surface area contributed by atoms with Gasteiger partial charge in [0.2, 0.25) is 9.84 Å². The summed E-state index contributed by atoms with van der Waals surface area (Å²) in [7, 11) is -3.56. The Morgan fingerprint density at radius 2 is 1.54 bits per heavy atom. The first-order valence-electron chi connectivity index (χ1n) is 4.42. The highest BCUT2D eigenvalue weighted by Gasteiger charge is 2.21. The van der Waals surface area contributed by atoms with Crippen LogP contribution in [0, 0.1) is 0 Å². The molecule has 0 saturated heterocycles. The Morgan fingerprint density at radius 3 is 1.77 bits per heavy atom. The average Bonchev–Trinajstić information content (AvgIpc) is 2.01. The van der Waals surface area contributed by atoms with Gasteiger partial charge < -0.3 is 4.90 Å². The molecule has 0 aromatic heterocycles. The third-order valence-corrected chi connectivity index (χ3v) is 2.46. The van der Waals surface area contributed by atoms with E-state index in [4.69, 9.17) is 0 Å². The van der Waals surface area contributed by atoms with E-state index >= 15 is 0 Å². The van der Waals surface area contributed by atoms with Crippen molar-refractivity contribution in [1.29, 1.82) is 0 Å². The number of hydrogen-bond acceptors (Lipinski definition) is 3. The molecule has 0 aliphatic rings. The lowest BCUT2D eigenvalue weighted by Crippen LogP contribution is -2.35. The molecule has 13 heavy (non-hydrogen) atoms. The standard InChI is InChI=1S/C8H17NO3S/c1-4-6-9(7-5-2)8(10)13(3,11)12/h4-7H2,1-3H3. The molecule has 0 aliphatic heterocycles. The molecule has 0 aliphatic carbocycles. The highest BCUT2D eigenvalue weighted by Crippen LogP contribution is 2.01. The van der Waals surface area contributed by atoms with E-state index in [9.17, 15) is 13.2 Å². The van der Waals surface area contributed by atoms with Gasteiger partial charge in [0, 0.05) is 19.3 Å². The van der Waals surface area contributed by atoms with Gasteiger partial charge in [-0.3, -0.25) is 4.79 Å². The third kappa shape index (κ3) is 4.26. The molecule has 1 amide bonds. The molecule has 0 spiro atoms. The zero-order valence-corrected chi connectivity index (χ0v) is 9.23. The zero-order chi connectivity index (χ0) is 10.5. The fourth-order valence-corrected chi connectivity index (χ4v) is 1.72. The first kappa shape index (κ1) is 12.4. The first-order valence-corrected chi connectivity index (χ1v) is 6.31. The minimum atomic E-state index is -3.56. The average molecular weight is 207 g/mol. The van der Waals surface area contributed by atoms with Crippen LogP contribution in [0.5, 0.6) is 0 Å². The Hall–Kier alpha value is -0.580. The van der Waals surface area contributed by atoms with Crippen LogP contribution in [-0.4, -0.2) is 37.9 Å². The van der Waals surface area contributed by atoms with Crippen molar-refractivity contribution in [1.82, 2.24) is 4.90 Å². The second-order valence-electron chi connectivity index (χ2n) is 3.03. The maximum absolute atomic E-state index is 11.3. The smallest absolute Gasteiger partial charge is 0.330 e. The van der Waals surface area contributed by atoms with Gasteiger partial charge in [0.1, 0.15) is 0 Å². The summed E-state index contributed by atoms with van der Waals surface area (Å²) in [5.74, 6) is 0. The van der Waals surface area contributed by atoms with Crippen molar-refractivity contribution in [3.63, 3.8) is 0 Å². The van der Waals surface area contributed by atoms with Crippen molar-refractivity contribution in [2.75, 3.05) is 19.3 Å². The normalized spacial score (nSPS) is 11.3. The Kier molecular flexibility index (Phi) is 4.98. The maximum atomic E-state index is 11.3. The topological polar surface area (TPSA) is 54.5 Å². The maximum Gasteiger partial charge on any atom is 0.338 e. The molecule has 0 aromatic carbocycles. The fraction of sp³-hybridized carbons (Fsp3) is 0.875. The van der Waals surface area contributed by atoms with Crippen LogP contribution < -0.4 is 0 Å². The molecule has 0 fully saturated rings. The number of amides is 1. The summed E-state index contributed by atoms with van der Waals surface area (Å²) in [5.41, 5.74) is 0. The number of nitrogens with zero attached hydrogens (tertiary/aromatic N) is 1. The molecule has 0 atom stereocenters. The molecule has 4 nitrogen and oxygen atoms in total. The van der Waals surface area contributed by atoms with E-state index in [-0.39, 0.29) is 0 Å². The number of hydrogen-bond donors (Lipinski definition) is 0. The first-order chi connectivity index (χ1) is 5.93. The van der Waals surface area contributed by atoms with Gasteiger partial charge in [-0.05, 0) is 12.8 Å². The van der Waals surface area contributed by atoms with E-state index in [1.165, 1.54) is 4.90 Å². The summed E-state index contributed by atoms with van der Waals surface area (Å²) in [6.45, 7) is 4.86. The van der Waals surface area contributed by atoms with Crippen LogP contribution >= 0.6 is 0 Å². The van der Waals surface area contributed by atoms with E-state index in [1.54, 1.807) is 0 Å². The van der Waals surface area contributed by atoms with Gasteiger partial charge in [-0.1, -0.05) is 13.8 Å². The van der Waals surface area contributed by atoms with Gasteiger partial charge in [-0.2, -0.15) is 0 Å². The third-order valence-electron chi connectivity index (χ3n) is 1.56. The summed E-state index contributed by atoms with van der Waals surface area (Å²) in [6.07, 6.45) is 2.51. The van der Waals surface area contributed by atoms with Crippen molar-refractivity contribution in [2.45, 2.75) is 26.7 Å². The summed E-state index contributed by atoms with van der Waals surface area (Å²) in [6, 6.07) is 0. The second kappa shape index (κ2) is 5.21. The Balaban J connectivity index is 4.46. The van der Waals surface area contributed by atoms with Crippen molar-refractivity contribution in [3.05, 3.63) is 0 Å². The van der Waals surface area contributed by atoms with E-state index in [1.807, 2.05) is 13.8 Å². The van der Waals surface area contributed by atoms with Gasteiger partial charge in [0.15, 0.2) is 0 Å². The van der Waals surface area contributed by atoms with Gasteiger partial charge in [0.05, 0.1) is 0 Å². The Labute approximate surface area is 79.8 Å². The van der Waals surface area contributed by atoms with Crippen molar-refractivity contribution >= 4 is 15.1 Å². The number of carbonyl (C=O) groups excluding carboxylic acids is 1. The predicted octanol–water partition coefficient (Wildman–Crippen LogP) is 1.27. The number of sulfone groups is 1. The SMILES string of the molecule is CCCN(CCC)C(=O)S(C)(=O)=O. The monoisotopic (exact) mass is 207 g/mol. The van der Waals surface area contributed by atoms with E-state index < -0.39 is 15.1 Å². The van der Waals surface area contributed by atoms with E-state index in [0.29, 0.717) is 13.1 Å². The molecule has 0 saturated carbocycles. The summed E-state index contributed by atoms with van der Waals surface area (Å²) < 4.78 is 21.9. The fourth-order valence-electron chi connectivity index (χ4n) is 1.07. The minimum Gasteiger partial charge on any atom is -0.330 e. The van der Waals surface area contributed by atoms with Crippen LogP contribution in [-0.2, 0) is 9.84 Å². The summed E-state index contributed by atoms with van der Waals surface area (Å²) in [5, 5.41) is -0.754. The van der Waals surface area contributed by atoms with Gasteiger partial charge >= 0.3 is 5.24 Å². The second-order valence-corrected chi connectivity index (χ2v) is 4.92. The number of carbonyl (C=O) groups is 1. The van der Waals surface area contributed by atoms with Crippen LogP contribution in [0.1, 0.15) is 26.7 Å². The predicted molar refractivity (Wildman–Crippen MR) is 52.4 cm³/mol. The molecule has 0 rings (SSSR count). The molecule has 0 bridgehead atoms. The molecule has 0 heterocycles. The molecule has 0 aromatic rings. The molecule has 0 unspecified atom stereocenters. The molecule has 0 radical (unpaired) electrons. The number of rotatable bonds is 4. The van der Waals surface area contributed by atoms with Crippen LogP contribution in [0.2, 0.25) is 0 Å². The summed E-state index contributed by atoms with van der Waals surface area (Å²) >= 11 is 0. The Morgan fingerprint density at radius 1 is 1.15 bits per heavy atom. The van der Waals surface area contributed by atoms with Gasteiger partial charge in [0.25, 0.3) is 0 Å². The van der Waals surface area contributed by atoms with Gasteiger partial charge in [-0.15, -0.1) is 0 Å². The molecular weight excluding hydrogens is 190 g/mol. The van der Waals surface area contributed by atoms with Crippen molar-refractivity contribution < 1.29 is 13.2 Å². The molecular formula is C8H17NO3S. The van der Waals surface area contributed by atoms with Crippen molar-refractivity contribution in [2.24, 2.45) is 0 Å². The summed E-state index contributed by atoms with van der Waals surface area (Å²) in [4.78, 5) is 12.7. The van der Waals surface area contributed by atoms with E-state index in [2.05, 4.69) is 0 Å². The minimum absolute atomic E-state index is 0.514. The highest BCUT2D eigenvalue weighted by molar-refractivity contribution is 8.05. The van der Waals surface area contributed by atoms with Crippen LogP contribution in [0.15, 0.2) is 0 Å². The van der Waals surface area contributed by atoms with Crippen LogP contribution in [0.3, 0.4) is 0 Å². The molecule has 0 N–H and O–H groups in total. The zero-order valence-electron chi connectivity index (χ0n) is 8.41. The molecule has 78 valence electrons. The Bertz CT molecular complexity index is 253.